The van der Waals surface area contributed by atoms with Gasteiger partial charge in [0.1, 0.15) is 24.5 Å². The molecule has 2 aromatic heterocycles. The molecule has 1 amide bonds. The van der Waals surface area contributed by atoms with Gasteiger partial charge in [0.15, 0.2) is 16.2 Å². The van der Waals surface area contributed by atoms with Gasteiger partial charge in [0.25, 0.3) is 10.0 Å². The number of benzene rings is 2. The van der Waals surface area contributed by atoms with E-state index in [0.717, 1.165) is 18.2 Å². The number of nitrogens with one attached hydrogen (secondary N) is 2. The molecule has 234 valence electrons. The topological polar surface area (TPSA) is 147 Å². The Kier molecular flexibility index (Phi) is 8.60. The lowest BCUT2D eigenvalue weighted by Crippen LogP contribution is -2.39. The third kappa shape index (κ3) is 6.72. The van der Waals surface area contributed by atoms with Gasteiger partial charge < -0.3 is 14.6 Å². The number of allylic oxidation sites excluding steroid dienone is 1. The molecule has 0 saturated carbocycles. The summed E-state index contributed by atoms with van der Waals surface area (Å²) in [6, 6.07) is 6.34. The van der Waals surface area contributed by atoms with Crippen molar-refractivity contribution in [3.63, 3.8) is 0 Å². The summed E-state index contributed by atoms with van der Waals surface area (Å²) in [5.74, 6) is -4.21. The molecule has 1 aliphatic heterocycles. The zero-order valence-electron chi connectivity index (χ0n) is 25.0. The average Bonchev–Trinajstić information content (AvgIpc) is 2.99. The van der Waals surface area contributed by atoms with Crippen molar-refractivity contribution < 1.29 is 37.3 Å². The molecule has 5 rings (SSSR count). The van der Waals surface area contributed by atoms with Crippen LogP contribution < -0.4 is 14.9 Å². The van der Waals surface area contributed by atoms with Crippen molar-refractivity contribution in [2.45, 2.75) is 30.7 Å². The number of aromatic amines is 1. The van der Waals surface area contributed by atoms with Gasteiger partial charge in [-0.3, -0.25) is 19.3 Å². The monoisotopic (exact) mass is 641 g/mol. The van der Waals surface area contributed by atoms with Crippen molar-refractivity contribution in [3.8, 4) is 17.0 Å². The van der Waals surface area contributed by atoms with E-state index in [0.29, 0.717) is 25.9 Å². The Balaban J connectivity index is 1.51. The normalized spacial score (nSPS) is 15.0. The third-order valence-corrected chi connectivity index (χ3v) is 8.46. The molecule has 11 nitrogen and oxygen atoms in total. The van der Waals surface area contributed by atoms with Crippen LogP contribution in [0.2, 0.25) is 0 Å². The van der Waals surface area contributed by atoms with E-state index in [-0.39, 0.29) is 63.1 Å². The summed E-state index contributed by atoms with van der Waals surface area (Å²) in [5.41, 5.74) is -0.0886. The van der Waals surface area contributed by atoms with Crippen LogP contribution in [0.4, 0.5) is 18.9 Å². The second kappa shape index (κ2) is 12.9. The molecule has 0 spiro atoms. The summed E-state index contributed by atoms with van der Waals surface area (Å²) >= 11 is 0. The number of hydrogen-bond donors (Lipinski definition) is 2. The summed E-state index contributed by atoms with van der Waals surface area (Å²) in [6.45, 7) is 2.04. The fourth-order valence-electron chi connectivity index (χ4n) is 4.86. The van der Waals surface area contributed by atoms with Gasteiger partial charge in [0.2, 0.25) is 11.8 Å². The Morgan fingerprint density at radius 1 is 1.13 bits per heavy atom. The highest BCUT2D eigenvalue weighted by Crippen LogP contribution is 2.33. The first-order chi connectivity index (χ1) is 21.9. The van der Waals surface area contributed by atoms with Crippen LogP contribution in [0.25, 0.3) is 22.0 Å². The number of halogens is 3. The van der Waals surface area contributed by atoms with Crippen molar-refractivity contribution in [1.29, 1.82) is 0 Å². The van der Waals surface area contributed by atoms with Crippen molar-refractivity contribution in [1.82, 2.24) is 19.9 Å². The predicted molar refractivity (Wildman–Crippen MR) is 158 cm³/mol. The van der Waals surface area contributed by atoms with Gasteiger partial charge in [-0.1, -0.05) is 6.07 Å². The number of piperidine rings is 1. The van der Waals surface area contributed by atoms with Crippen molar-refractivity contribution in [2.24, 2.45) is 4.99 Å². The first-order valence-electron chi connectivity index (χ1n) is 14.1. The number of likely N-dealkylation sites (tertiary alicyclic amines) is 1. The molecule has 2 N–H and O–H groups in total. The maximum Gasteiger partial charge on any atom is 0.267 e. The molecule has 15 heteroatoms. The number of carbonyl (C=O) groups is 2. The summed E-state index contributed by atoms with van der Waals surface area (Å²) in [7, 11) is -3.60. The van der Waals surface area contributed by atoms with E-state index in [1.54, 1.807) is 4.90 Å². The molecule has 0 atom stereocenters. The first kappa shape index (κ1) is 30.0. The van der Waals surface area contributed by atoms with E-state index in [1.165, 1.54) is 50.6 Å². The van der Waals surface area contributed by atoms with Crippen LogP contribution in [0.15, 0.2) is 70.9 Å². The quantitative estimate of drug-likeness (QED) is 0.278. The maximum atomic E-state index is 16.3. The standard InChI is InChI=1S/C30H27F3N6O5S/c1-17(40)6-9-25(41)39-12-10-19(11-13-39)37-29-26-23(35-16-36-29)8-7-20(27(26)33)18-14-24(30(44-2)34-15-18)38-45(42,43)28-21(31)4-3-5-22(28)32/h3-9,14-16,19,38H,10-13H2,1-2H3,(H,35,36,37)/b9-6+/i16D. The molecule has 4 aromatic rings. The van der Waals surface area contributed by atoms with Crippen molar-refractivity contribution in [2.75, 3.05) is 24.9 Å². The Morgan fingerprint density at radius 3 is 2.51 bits per heavy atom. The highest BCUT2D eigenvalue weighted by Gasteiger charge is 2.26. The largest absolute Gasteiger partial charge is 0.480 e. The summed E-state index contributed by atoms with van der Waals surface area (Å²) < 4.78 is 86.1. The lowest BCUT2D eigenvalue weighted by molar-refractivity contribution is -0.127. The van der Waals surface area contributed by atoms with E-state index >= 15 is 4.39 Å². The van der Waals surface area contributed by atoms with Gasteiger partial charge in [-0.25, -0.2) is 31.6 Å². The minimum absolute atomic E-state index is 0.0391. The average molecular weight is 642 g/mol. The number of fused-ring (bicyclic) bond motifs is 1. The van der Waals surface area contributed by atoms with Gasteiger partial charge >= 0.3 is 0 Å². The number of ether oxygens (including phenoxy) is 1. The van der Waals surface area contributed by atoms with Crippen LogP contribution in [0, 0.1) is 17.5 Å². The number of ketones is 1. The molecule has 0 radical (unpaired) electrons. The molecule has 1 fully saturated rings. The number of hydrogen-bond acceptors (Lipinski definition) is 8. The summed E-state index contributed by atoms with van der Waals surface area (Å²) in [5, 5.41) is -0.0391. The smallest absolute Gasteiger partial charge is 0.267 e. The molecule has 0 unspecified atom stereocenters. The van der Waals surface area contributed by atoms with Gasteiger partial charge in [0, 0.05) is 36.5 Å². The Morgan fingerprint density at radius 2 is 1.84 bits per heavy atom. The van der Waals surface area contributed by atoms with Gasteiger partial charge in [0.05, 0.1) is 30.4 Å². The number of pyridine rings is 1. The van der Waals surface area contributed by atoms with E-state index < -0.39 is 32.4 Å². The molecule has 45 heavy (non-hydrogen) atoms. The van der Waals surface area contributed by atoms with E-state index in [4.69, 9.17) is 6.11 Å². The lowest BCUT2D eigenvalue weighted by atomic mass is 10.0. The maximum absolute atomic E-state index is 16.3. The Labute approximate surface area is 257 Å². The number of amides is 1. The highest BCUT2D eigenvalue weighted by atomic mass is 32.2. The number of anilines is 1. The zero-order chi connectivity index (χ0) is 33.2. The van der Waals surface area contributed by atoms with E-state index in [2.05, 4.69) is 24.7 Å². The van der Waals surface area contributed by atoms with Gasteiger partial charge in [-0.2, -0.15) is 0 Å². The van der Waals surface area contributed by atoms with Crippen LogP contribution in [-0.4, -0.2) is 66.2 Å². The number of H-pyrrole nitrogens is 1. The molecule has 2 aromatic carbocycles. The van der Waals surface area contributed by atoms with Crippen LogP contribution in [-0.2, 0) is 19.6 Å². The summed E-state index contributed by atoms with van der Waals surface area (Å²) in [4.78, 5) is 39.3. The highest BCUT2D eigenvalue weighted by molar-refractivity contribution is 7.92. The van der Waals surface area contributed by atoms with Crippen LogP contribution >= 0.6 is 0 Å². The third-order valence-electron chi connectivity index (χ3n) is 7.05. The summed E-state index contributed by atoms with van der Waals surface area (Å²) in [6.07, 6.45) is 4.25. The fourth-order valence-corrected chi connectivity index (χ4v) is 6.05. The van der Waals surface area contributed by atoms with E-state index in [9.17, 15) is 26.8 Å². The molecule has 3 heterocycles. The number of carbonyl (C=O) groups excluding carboxylic acids is 2. The van der Waals surface area contributed by atoms with Crippen molar-refractivity contribution in [3.05, 3.63) is 84.0 Å². The Bertz CT molecular complexity index is 2040. The predicted octanol–water partition coefficient (Wildman–Crippen LogP) is 3.89. The molecule has 0 aliphatic carbocycles. The number of aromatic nitrogens is 3. The van der Waals surface area contributed by atoms with Crippen LogP contribution in [0.1, 0.15) is 21.1 Å². The zero-order valence-corrected chi connectivity index (χ0v) is 24.8. The second-order valence-corrected chi connectivity index (χ2v) is 11.7. The van der Waals surface area contributed by atoms with Crippen molar-refractivity contribution >= 4 is 38.3 Å². The number of sulfonamides is 1. The number of nitrogens with zero attached hydrogens (tertiary/aromatic N) is 4. The van der Waals surface area contributed by atoms with E-state index in [1.807, 2.05) is 0 Å². The fraction of sp³-hybridized carbons (Fsp3) is 0.233. The molecule has 1 saturated heterocycles. The minimum Gasteiger partial charge on any atom is -0.480 e. The molecule has 1 aliphatic rings. The number of rotatable bonds is 8. The Hall–Kier alpha value is -5.05. The van der Waals surface area contributed by atoms with Gasteiger partial charge in [-0.05, 0) is 56.2 Å². The first-order valence-corrected chi connectivity index (χ1v) is 15.1. The minimum atomic E-state index is -4.80. The van der Waals surface area contributed by atoms with Gasteiger partial charge in [-0.15, -0.1) is 0 Å². The molecule has 0 bridgehead atoms. The van der Waals surface area contributed by atoms with Crippen LogP contribution in [0.5, 0.6) is 5.88 Å². The molecular weight excluding hydrogens is 613 g/mol. The lowest BCUT2D eigenvalue weighted by Gasteiger charge is -2.29. The molecular formula is C30H27F3N6O5S. The second-order valence-electron chi connectivity index (χ2n) is 10.1. The van der Waals surface area contributed by atoms with Crippen LogP contribution in [0.3, 0.4) is 0 Å². The SMILES string of the molecule is [2H]c1nc(=NC2CCN(C(=O)/C=C/C(C)=O)CC2)c2c(F)c(-c3cnc(OC)c(NS(=O)(=O)c4c(F)cccc4F)c3)ccc2[nH]1. The number of methoxy groups -OCH3 is 1.